The summed E-state index contributed by atoms with van der Waals surface area (Å²) in [4.78, 5) is 12.3. The first-order valence-corrected chi connectivity index (χ1v) is 7.04. The molecule has 1 unspecified atom stereocenters. The fourth-order valence-corrected chi connectivity index (χ4v) is 2.59. The Labute approximate surface area is 127 Å². The summed E-state index contributed by atoms with van der Waals surface area (Å²) in [5.41, 5.74) is 1.12. The standard InChI is InChI=1S/C16H14ClNO3/c17-10-5-6-14(19)12(9-10)16(20)18-13-7-8-21-15-4-2-1-3-11(13)15/h1-6,9,13,19H,7-8H2,(H,18,20). The fraction of sp³-hybridized carbons (Fsp3) is 0.188. The SMILES string of the molecule is O=C(NC1CCOc2ccccc21)c1cc(Cl)ccc1O. The van der Waals surface area contributed by atoms with Crippen LogP contribution in [0.1, 0.15) is 28.4 Å². The molecule has 1 aliphatic rings. The average molecular weight is 304 g/mol. The summed E-state index contributed by atoms with van der Waals surface area (Å²) < 4.78 is 5.56. The Kier molecular flexibility index (Phi) is 3.71. The lowest BCUT2D eigenvalue weighted by Crippen LogP contribution is -2.32. The van der Waals surface area contributed by atoms with Crippen LogP contribution in [0.2, 0.25) is 5.02 Å². The third-order valence-electron chi connectivity index (χ3n) is 3.47. The first kappa shape index (κ1) is 13.8. The van der Waals surface area contributed by atoms with Crippen LogP contribution in [0.3, 0.4) is 0 Å². The highest BCUT2D eigenvalue weighted by molar-refractivity contribution is 6.31. The van der Waals surface area contributed by atoms with E-state index < -0.39 is 0 Å². The zero-order valence-corrected chi connectivity index (χ0v) is 11.9. The lowest BCUT2D eigenvalue weighted by molar-refractivity contribution is 0.0922. The van der Waals surface area contributed by atoms with E-state index in [-0.39, 0.29) is 23.3 Å². The second-order valence-corrected chi connectivity index (χ2v) is 5.30. The number of hydrogen-bond donors (Lipinski definition) is 2. The predicted molar refractivity (Wildman–Crippen MR) is 79.9 cm³/mol. The van der Waals surface area contributed by atoms with E-state index in [1.165, 1.54) is 18.2 Å². The van der Waals surface area contributed by atoms with Crippen molar-refractivity contribution in [2.24, 2.45) is 0 Å². The van der Waals surface area contributed by atoms with Crippen LogP contribution in [0.25, 0.3) is 0 Å². The molecule has 108 valence electrons. The van der Waals surface area contributed by atoms with Crippen molar-refractivity contribution in [1.82, 2.24) is 5.32 Å². The van der Waals surface area contributed by atoms with Crippen LogP contribution in [0.15, 0.2) is 42.5 Å². The van der Waals surface area contributed by atoms with E-state index in [0.29, 0.717) is 18.1 Å². The van der Waals surface area contributed by atoms with Gasteiger partial charge in [0.2, 0.25) is 0 Å². The lowest BCUT2D eigenvalue weighted by atomic mass is 10.00. The van der Waals surface area contributed by atoms with E-state index >= 15 is 0 Å². The number of amides is 1. The topological polar surface area (TPSA) is 58.6 Å². The maximum Gasteiger partial charge on any atom is 0.255 e. The highest BCUT2D eigenvalue weighted by Gasteiger charge is 2.24. The molecule has 0 aromatic heterocycles. The van der Waals surface area contributed by atoms with Gasteiger partial charge in [0.25, 0.3) is 5.91 Å². The van der Waals surface area contributed by atoms with Crippen LogP contribution in [0.5, 0.6) is 11.5 Å². The molecular weight excluding hydrogens is 290 g/mol. The van der Waals surface area contributed by atoms with Crippen LogP contribution in [-0.2, 0) is 0 Å². The molecule has 0 saturated carbocycles. The minimum absolute atomic E-state index is 0.0859. The van der Waals surface area contributed by atoms with Crippen molar-refractivity contribution in [3.63, 3.8) is 0 Å². The highest BCUT2D eigenvalue weighted by Crippen LogP contribution is 2.32. The maximum atomic E-state index is 12.3. The van der Waals surface area contributed by atoms with E-state index in [0.717, 1.165) is 11.3 Å². The third kappa shape index (κ3) is 2.81. The van der Waals surface area contributed by atoms with Crippen LogP contribution in [-0.4, -0.2) is 17.6 Å². The number of phenols is 1. The molecule has 4 nitrogen and oxygen atoms in total. The van der Waals surface area contributed by atoms with Gasteiger partial charge in [-0.1, -0.05) is 29.8 Å². The Bertz CT molecular complexity index is 687. The zero-order valence-electron chi connectivity index (χ0n) is 11.2. The molecule has 2 N–H and O–H groups in total. The van der Waals surface area contributed by atoms with Gasteiger partial charge in [0.15, 0.2) is 0 Å². The fourth-order valence-electron chi connectivity index (χ4n) is 2.42. The number of fused-ring (bicyclic) bond motifs is 1. The van der Waals surface area contributed by atoms with Crippen molar-refractivity contribution in [3.8, 4) is 11.5 Å². The Morgan fingerprint density at radius 1 is 1.29 bits per heavy atom. The van der Waals surface area contributed by atoms with Gasteiger partial charge in [-0.2, -0.15) is 0 Å². The highest BCUT2D eigenvalue weighted by atomic mass is 35.5. The van der Waals surface area contributed by atoms with Crippen LogP contribution < -0.4 is 10.1 Å². The Morgan fingerprint density at radius 2 is 2.10 bits per heavy atom. The predicted octanol–water partition coefficient (Wildman–Crippen LogP) is 3.30. The summed E-state index contributed by atoms with van der Waals surface area (Å²) in [7, 11) is 0. The molecule has 3 rings (SSSR count). The summed E-state index contributed by atoms with van der Waals surface area (Å²) >= 11 is 5.87. The summed E-state index contributed by atoms with van der Waals surface area (Å²) in [6, 6.07) is 11.9. The summed E-state index contributed by atoms with van der Waals surface area (Å²) in [5.74, 6) is 0.346. The Hall–Kier alpha value is -2.20. The number of para-hydroxylation sites is 1. The third-order valence-corrected chi connectivity index (χ3v) is 3.70. The van der Waals surface area contributed by atoms with Crippen molar-refractivity contribution in [1.29, 1.82) is 0 Å². The number of nitrogens with one attached hydrogen (secondary N) is 1. The largest absolute Gasteiger partial charge is 0.507 e. The molecule has 0 radical (unpaired) electrons. The first-order chi connectivity index (χ1) is 10.1. The van der Waals surface area contributed by atoms with Gasteiger partial charge < -0.3 is 15.2 Å². The summed E-state index contributed by atoms with van der Waals surface area (Å²) in [5, 5.41) is 13.1. The van der Waals surface area contributed by atoms with Gasteiger partial charge >= 0.3 is 0 Å². The molecule has 1 amide bonds. The molecule has 0 saturated heterocycles. The second kappa shape index (κ2) is 5.66. The quantitative estimate of drug-likeness (QED) is 0.895. The van der Waals surface area contributed by atoms with Crippen molar-refractivity contribution >= 4 is 17.5 Å². The van der Waals surface area contributed by atoms with Crippen LogP contribution in [0, 0.1) is 0 Å². The molecule has 21 heavy (non-hydrogen) atoms. The molecule has 0 spiro atoms. The summed E-state index contributed by atoms with van der Waals surface area (Å²) in [6.45, 7) is 0.545. The zero-order chi connectivity index (χ0) is 14.8. The summed E-state index contributed by atoms with van der Waals surface area (Å²) in [6.07, 6.45) is 0.685. The number of carbonyl (C=O) groups is 1. The molecule has 1 heterocycles. The lowest BCUT2D eigenvalue weighted by Gasteiger charge is -2.26. The molecule has 1 aliphatic heterocycles. The number of rotatable bonds is 2. The number of hydrogen-bond acceptors (Lipinski definition) is 3. The monoisotopic (exact) mass is 303 g/mol. The molecule has 2 aromatic rings. The first-order valence-electron chi connectivity index (χ1n) is 6.66. The Morgan fingerprint density at radius 3 is 2.95 bits per heavy atom. The molecule has 5 heteroatoms. The van der Waals surface area contributed by atoms with E-state index in [1.807, 2.05) is 24.3 Å². The van der Waals surface area contributed by atoms with Gasteiger partial charge in [0, 0.05) is 17.0 Å². The van der Waals surface area contributed by atoms with Crippen molar-refractivity contribution in [2.75, 3.05) is 6.61 Å². The molecule has 0 fully saturated rings. The van der Waals surface area contributed by atoms with Crippen LogP contribution in [0.4, 0.5) is 0 Å². The number of ether oxygens (including phenoxy) is 1. The normalized spacial score (nSPS) is 16.7. The smallest absolute Gasteiger partial charge is 0.255 e. The van der Waals surface area contributed by atoms with E-state index in [1.54, 1.807) is 0 Å². The number of halogens is 1. The molecule has 2 aromatic carbocycles. The van der Waals surface area contributed by atoms with Crippen molar-refractivity contribution in [3.05, 3.63) is 58.6 Å². The van der Waals surface area contributed by atoms with E-state index in [4.69, 9.17) is 16.3 Å². The van der Waals surface area contributed by atoms with Gasteiger partial charge in [-0.25, -0.2) is 0 Å². The minimum atomic E-state index is -0.350. The number of benzene rings is 2. The Balaban J connectivity index is 1.84. The van der Waals surface area contributed by atoms with E-state index in [2.05, 4.69) is 5.32 Å². The van der Waals surface area contributed by atoms with Crippen molar-refractivity contribution in [2.45, 2.75) is 12.5 Å². The molecule has 0 bridgehead atoms. The maximum absolute atomic E-state index is 12.3. The second-order valence-electron chi connectivity index (χ2n) is 4.86. The van der Waals surface area contributed by atoms with Gasteiger partial charge in [0.05, 0.1) is 18.2 Å². The van der Waals surface area contributed by atoms with Gasteiger partial charge in [-0.3, -0.25) is 4.79 Å². The molecule has 0 aliphatic carbocycles. The van der Waals surface area contributed by atoms with Crippen molar-refractivity contribution < 1.29 is 14.6 Å². The number of phenolic OH excluding ortho intramolecular Hbond substituents is 1. The molecular formula is C16H14ClNO3. The number of aromatic hydroxyl groups is 1. The number of carbonyl (C=O) groups excluding carboxylic acids is 1. The van der Waals surface area contributed by atoms with Gasteiger partial charge in [-0.05, 0) is 24.3 Å². The molecule has 1 atom stereocenters. The van der Waals surface area contributed by atoms with Gasteiger partial charge in [0.1, 0.15) is 11.5 Å². The van der Waals surface area contributed by atoms with E-state index in [9.17, 15) is 9.90 Å². The van der Waals surface area contributed by atoms with Gasteiger partial charge in [-0.15, -0.1) is 0 Å². The van der Waals surface area contributed by atoms with Crippen LogP contribution >= 0.6 is 11.6 Å². The minimum Gasteiger partial charge on any atom is -0.507 e. The average Bonchev–Trinajstić information content (AvgIpc) is 2.50.